The van der Waals surface area contributed by atoms with E-state index in [-0.39, 0.29) is 0 Å². The maximum absolute atomic E-state index is 10.0. The van der Waals surface area contributed by atoms with Gasteiger partial charge >= 0.3 is 58.3 Å². The van der Waals surface area contributed by atoms with Gasteiger partial charge in [-0.2, -0.15) is 0 Å². The zero-order valence-electron chi connectivity index (χ0n) is 4.49. The minimum absolute atomic E-state index is 0.696. The average Bonchev–Trinajstić information content (AvgIpc) is 1.83. The van der Waals surface area contributed by atoms with Gasteiger partial charge in [0, 0.05) is 0 Å². The summed E-state index contributed by atoms with van der Waals surface area (Å²) in [6, 6.07) is 0. The summed E-state index contributed by atoms with van der Waals surface area (Å²) in [5.74, 6) is -1.61. The van der Waals surface area contributed by atoms with Crippen molar-refractivity contribution in [1.82, 2.24) is 0 Å². The van der Waals surface area contributed by atoms with Crippen LogP contribution in [0.5, 0.6) is 0 Å². The van der Waals surface area contributed by atoms with E-state index in [1.165, 1.54) is 0 Å². The van der Waals surface area contributed by atoms with Gasteiger partial charge in [0.05, 0.1) is 0 Å². The molecule has 0 unspecified atom stereocenters. The summed E-state index contributed by atoms with van der Waals surface area (Å²) in [6.45, 7) is 1.11. The Bertz CT molecular complexity index is 168. The Morgan fingerprint density at radius 3 is 2.33 bits per heavy atom. The topological polar surface area (TPSA) is 52.6 Å². The molecule has 0 N–H and O–H groups in total. The Hall–Kier alpha value is -0.761. The second kappa shape index (κ2) is 4.15. The molecule has 0 radical (unpaired) electrons. The van der Waals surface area contributed by atoms with Crippen molar-refractivity contribution in [3.8, 4) is 4.73 Å². The van der Waals surface area contributed by atoms with Crippen molar-refractivity contribution in [2.45, 2.75) is 6.92 Å². The fraction of sp³-hybridized carbons (Fsp3) is 0.250. The number of carbonyl (C=O) groups excluding carboxylic acids is 2. The molecule has 0 atom stereocenters. The molecule has 0 aromatic heterocycles. The van der Waals surface area contributed by atoms with Crippen LogP contribution in [0.3, 0.4) is 0 Å². The van der Waals surface area contributed by atoms with Crippen molar-refractivity contribution in [3.05, 3.63) is 0 Å². The van der Waals surface area contributed by atoms with Gasteiger partial charge in [0.2, 0.25) is 0 Å². The molecule has 51 valence electrons. The van der Waals surface area contributed by atoms with Crippen LogP contribution in [0.15, 0.2) is 0 Å². The van der Waals surface area contributed by atoms with Gasteiger partial charge < -0.3 is 0 Å². The summed E-state index contributed by atoms with van der Waals surface area (Å²) in [4.78, 5) is 27.6. The van der Waals surface area contributed by atoms with Crippen molar-refractivity contribution < 1.29 is 34.7 Å². The fourth-order valence-electron chi connectivity index (χ4n) is 0.111. The number of rotatable bonds is 0. The van der Waals surface area contributed by atoms with E-state index in [9.17, 15) is 9.59 Å². The summed E-state index contributed by atoms with van der Waals surface area (Å²) in [5.41, 5.74) is 0. The van der Waals surface area contributed by atoms with Gasteiger partial charge in [-0.1, -0.05) is 0 Å². The molecule has 0 bridgehead atoms. The zero-order valence-corrected chi connectivity index (χ0v) is 5.59. The van der Waals surface area contributed by atoms with Gasteiger partial charge in [0.15, 0.2) is 0 Å². The molecule has 0 rings (SSSR count). The van der Waals surface area contributed by atoms with Crippen molar-refractivity contribution in [3.63, 3.8) is 0 Å². The van der Waals surface area contributed by atoms with Crippen LogP contribution in [0.2, 0.25) is 0 Å². The Labute approximate surface area is 59.0 Å². The van der Waals surface area contributed by atoms with Crippen molar-refractivity contribution in [2.75, 3.05) is 0 Å². The minimum atomic E-state index is -0.912. The predicted octanol–water partition coefficient (Wildman–Crippen LogP) is -0.486. The molecule has 9 heavy (non-hydrogen) atoms. The summed E-state index contributed by atoms with van der Waals surface area (Å²) in [5, 5.41) is 0. The van der Waals surface area contributed by atoms with Crippen LogP contribution in [0.4, 0.5) is 0 Å². The van der Waals surface area contributed by atoms with Crippen LogP contribution in [0.1, 0.15) is 6.92 Å². The third kappa shape index (κ3) is 5.10. The fourth-order valence-corrected chi connectivity index (χ4v) is 0.157. The van der Waals surface area contributed by atoms with Crippen LogP contribution >= 0.6 is 0 Å². The van der Waals surface area contributed by atoms with E-state index in [1.54, 1.807) is 0 Å². The Kier molecular flexibility index (Phi) is 3.80. The molecule has 0 aliphatic carbocycles. The standard InChI is InChI=1S/C4H3O4.Fe/c1-3(5)7-8-4(2)6;/h1H3;. The quantitative estimate of drug-likeness (QED) is 0.280. The van der Waals surface area contributed by atoms with E-state index in [0.29, 0.717) is 0 Å². The van der Waals surface area contributed by atoms with E-state index in [2.05, 4.69) is 25.2 Å². The average molecular weight is 171 g/mol. The van der Waals surface area contributed by atoms with Crippen LogP contribution < -0.4 is 0 Å². The van der Waals surface area contributed by atoms with Crippen LogP contribution in [-0.2, 0) is 34.7 Å². The summed E-state index contributed by atoms with van der Waals surface area (Å²) in [6.07, 6.45) is 0. The molecule has 5 heteroatoms. The van der Waals surface area contributed by atoms with Gasteiger partial charge in [0.25, 0.3) is 0 Å². The maximum atomic E-state index is 10.0. The molecule has 0 aliphatic heterocycles. The van der Waals surface area contributed by atoms with Crippen LogP contribution in [0, 0.1) is 4.73 Å². The Morgan fingerprint density at radius 1 is 1.44 bits per heavy atom. The number of hydrogen-bond acceptors (Lipinski definition) is 4. The van der Waals surface area contributed by atoms with Crippen LogP contribution in [0.25, 0.3) is 0 Å². The van der Waals surface area contributed by atoms with Gasteiger partial charge in [-0.25, -0.2) is 0 Å². The molecule has 0 amide bonds. The van der Waals surface area contributed by atoms with Gasteiger partial charge in [-0.05, 0) is 0 Å². The molecule has 0 heterocycles. The third-order valence-electron chi connectivity index (χ3n) is 0.307. The molecule has 0 saturated carbocycles. The zero-order chi connectivity index (χ0) is 7.28. The third-order valence-corrected chi connectivity index (χ3v) is 0.532. The van der Waals surface area contributed by atoms with Gasteiger partial charge in [-0.15, -0.1) is 0 Å². The summed E-state index contributed by atoms with van der Waals surface area (Å²) < 4.78 is 1.83. The SMILES string of the molecule is CC(=O)OOC(=O)[C]#[Fe]. The van der Waals surface area contributed by atoms with E-state index in [1.807, 2.05) is 4.73 Å². The first-order chi connectivity index (χ1) is 4.16. The van der Waals surface area contributed by atoms with Crippen molar-refractivity contribution >= 4 is 11.9 Å². The van der Waals surface area contributed by atoms with E-state index >= 15 is 0 Å². The molecule has 0 aliphatic rings. The van der Waals surface area contributed by atoms with Crippen LogP contribution in [-0.4, -0.2) is 11.9 Å². The van der Waals surface area contributed by atoms with E-state index in [0.717, 1.165) is 6.92 Å². The molecule has 0 fully saturated rings. The first-order valence-corrected chi connectivity index (χ1v) is 2.46. The molecule has 0 saturated heterocycles. The van der Waals surface area contributed by atoms with E-state index < -0.39 is 11.9 Å². The molecule has 4 nitrogen and oxygen atoms in total. The van der Waals surface area contributed by atoms with Gasteiger partial charge in [0.1, 0.15) is 0 Å². The summed E-state index contributed by atoms with van der Waals surface area (Å²) >= 11 is 2.95. The molecule has 0 aromatic carbocycles. The molecule has 0 aromatic rings. The van der Waals surface area contributed by atoms with Crippen molar-refractivity contribution in [2.24, 2.45) is 0 Å². The normalized spacial score (nSPS) is 7.22. The second-order valence-corrected chi connectivity index (χ2v) is 1.31. The first kappa shape index (κ1) is 8.24. The van der Waals surface area contributed by atoms with E-state index in [4.69, 9.17) is 0 Å². The molecule has 0 spiro atoms. The Balaban J connectivity index is 3.43. The molecular weight excluding hydrogens is 168 g/mol. The van der Waals surface area contributed by atoms with Crippen molar-refractivity contribution in [1.29, 1.82) is 0 Å². The summed E-state index contributed by atoms with van der Waals surface area (Å²) in [7, 11) is 0. The number of carbonyl (C=O) groups is 2. The van der Waals surface area contributed by atoms with Gasteiger partial charge in [-0.3, -0.25) is 0 Å². The Morgan fingerprint density at radius 2 is 2.00 bits per heavy atom. The molecular formula is C4H3FeO4. The second-order valence-electron chi connectivity index (χ2n) is 1.03. The first-order valence-electron chi connectivity index (χ1n) is 1.91. The number of hydrogen-bond donors (Lipinski definition) is 0. The monoisotopic (exact) mass is 171 g/mol. The predicted molar refractivity (Wildman–Crippen MR) is 21.7 cm³/mol.